The van der Waals surface area contributed by atoms with Gasteiger partial charge < -0.3 is 9.84 Å². The molecular weight excluding hydrogens is 350 g/mol. The summed E-state index contributed by atoms with van der Waals surface area (Å²) < 4.78 is 5.11. The summed E-state index contributed by atoms with van der Waals surface area (Å²) in [4.78, 5) is 15.1. The average molecular weight is 388 g/mol. The highest BCUT2D eigenvalue weighted by Crippen LogP contribution is 2.80. The topological polar surface area (TPSA) is 49.8 Å². The van der Waals surface area contributed by atoms with E-state index in [0.29, 0.717) is 35.8 Å². The van der Waals surface area contributed by atoms with Crippen LogP contribution < -0.4 is 0 Å². The van der Waals surface area contributed by atoms with Crippen LogP contribution in [0.15, 0.2) is 0 Å². The molecule has 3 saturated heterocycles. The molecular formula is C24H37NO3. The Morgan fingerprint density at radius 1 is 1.21 bits per heavy atom. The molecule has 9 atom stereocenters. The Morgan fingerprint density at radius 2 is 2.04 bits per heavy atom. The first-order valence-electron chi connectivity index (χ1n) is 11.9. The summed E-state index contributed by atoms with van der Waals surface area (Å²) in [6.45, 7) is 6.12. The summed E-state index contributed by atoms with van der Waals surface area (Å²) >= 11 is 0. The summed E-state index contributed by atoms with van der Waals surface area (Å²) in [6.07, 6.45) is 11.1. The zero-order valence-electron chi connectivity index (χ0n) is 17.9. The Morgan fingerprint density at radius 3 is 2.82 bits per heavy atom. The van der Waals surface area contributed by atoms with Gasteiger partial charge in [-0.15, -0.1) is 0 Å². The van der Waals surface area contributed by atoms with Crippen molar-refractivity contribution in [1.29, 1.82) is 0 Å². The lowest BCUT2D eigenvalue weighted by molar-refractivity contribution is -0.195. The third-order valence-corrected chi connectivity index (χ3v) is 11.2. The van der Waals surface area contributed by atoms with E-state index in [-0.39, 0.29) is 16.8 Å². The van der Waals surface area contributed by atoms with Crippen molar-refractivity contribution >= 4 is 5.97 Å². The molecule has 0 aromatic heterocycles. The maximum atomic E-state index is 12.3. The minimum absolute atomic E-state index is 0.0475. The molecule has 7 rings (SSSR count). The van der Waals surface area contributed by atoms with Crippen LogP contribution in [0.2, 0.25) is 0 Å². The molecule has 7 aliphatic rings. The van der Waals surface area contributed by atoms with E-state index in [4.69, 9.17) is 4.74 Å². The van der Waals surface area contributed by atoms with Gasteiger partial charge in [-0.05, 0) is 85.4 Å². The third-order valence-electron chi connectivity index (χ3n) is 11.2. The summed E-state index contributed by atoms with van der Waals surface area (Å²) in [6, 6.07) is 0.940. The number of aliphatic hydroxyl groups is 1. The monoisotopic (exact) mass is 387 g/mol. The molecule has 0 radical (unpaired) electrons. The average Bonchev–Trinajstić information content (AvgIpc) is 3.29. The number of hydrogen-bond acceptors (Lipinski definition) is 4. The number of rotatable bonds is 3. The second-order valence-electron chi connectivity index (χ2n) is 11.9. The second-order valence-corrected chi connectivity index (χ2v) is 11.9. The SMILES string of the molecule is COC(=O)CC[C@@]12[C@H]3[C@H]4CC[C@]1(C)C[C@@]1(O)CC[C@]5(CCC[C@@H]52)[C@H]1N3C[C@@H]4C. The standard InChI is InChI=1S/C24H37NO3/c1-15-13-25-19-16(15)6-9-21(2)14-23(27)12-11-22(20(23)25)8-4-5-17(22)24(19,21)10-7-18(26)28-3/h15-17,19-20,27H,4-14H2,1-3H3/t15-,16-,17-,19+,20+,21+,22-,23-,24+/m0/s1. The third kappa shape index (κ3) is 1.77. The van der Waals surface area contributed by atoms with E-state index in [1.807, 2.05) is 0 Å². The van der Waals surface area contributed by atoms with Crippen LogP contribution in [-0.4, -0.2) is 47.3 Å². The van der Waals surface area contributed by atoms with Crippen LogP contribution in [0.25, 0.3) is 0 Å². The number of nitrogens with zero attached hydrogens (tertiary/aromatic N) is 1. The van der Waals surface area contributed by atoms with Crippen LogP contribution in [0, 0.1) is 34.0 Å². The van der Waals surface area contributed by atoms with Crippen molar-refractivity contribution < 1.29 is 14.6 Å². The minimum Gasteiger partial charge on any atom is -0.469 e. The molecule has 28 heavy (non-hydrogen) atoms. The Kier molecular flexibility index (Phi) is 3.47. The molecule has 1 spiro atoms. The lowest BCUT2D eigenvalue weighted by Crippen LogP contribution is -2.70. The number of carbonyl (C=O) groups excluding carboxylic acids is 1. The normalized spacial score (nSPS) is 58.6. The Hall–Kier alpha value is -0.610. The number of carbonyl (C=O) groups is 1. The van der Waals surface area contributed by atoms with Crippen LogP contribution >= 0.6 is 0 Å². The first-order valence-corrected chi connectivity index (χ1v) is 11.9. The van der Waals surface area contributed by atoms with Gasteiger partial charge in [-0.25, -0.2) is 0 Å². The second kappa shape index (κ2) is 5.35. The molecule has 4 saturated carbocycles. The molecule has 6 bridgehead atoms. The highest BCUT2D eigenvalue weighted by molar-refractivity contribution is 5.69. The van der Waals surface area contributed by atoms with E-state index in [9.17, 15) is 9.90 Å². The van der Waals surface area contributed by atoms with Crippen LogP contribution in [0.1, 0.15) is 78.1 Å². The summed E-state index contributed by atoms with van der Waals surface area (Å²) in [5.41, 5.74) is 0.0983. The van der Waals surface area contributed by atoms with E-state index in [2.05, 4.69) is 18.7 Å². The maximum Gasteiger partial charge on any atom is 0.305 e. The van der Waals surface area contributed by atoms with Gasteiger partial charge in [0.15, 0.2) is 0 Å². The van der Waals surface area contributed by atoms with E-state index >= 15 is 0 Å². The molecule has 7 fully saturated rings. The molecule has 0 amide bonds. The minimum atomic E-state index is -0.516. The predicted molar refractivity (Wildman–Crippen MR) is 107 cm³/mol. The van der Waals surface area contributed by atoms with Crippen molar-refractivity contribution in [3.05, 3.63) is 0 Å². The van der Waals surface area contributed by atoms with Crippen LogP contribution in [0.4, 0.5) is 0 Å². The van der Waals surface area contributed by atoms with Crippen LogP contribution in [0.5, 0.6) is 0 Å². The smallest absolute Gasteiger partial charge is 0.305 e. The fourth-order valence-electron chi connectivity index (χ4n) is 10.8. The van der Waals surface area contributed by atoms with Gasteiger partial charge in [0.25, 0.3) is 0 Å². The van der Waals surface area contributed by atoms with Crippen molar-refractivity contribution in [2.75, 3.05) is 13.7 Å². The molecule has 3 aliphatic heterocycles. The van der Waals surface area contributed by atoms with Gasteiger partial charge >= 0.3 is 5.97 Å². The Labute approximate surface area is 169 Å². The lowest BCUT2D eigenvalue weighted by atomic mass is 9.41. The van der Waals surface area contributed by atoms with Gasteiger partial charge in [0.05, 0.1) is 12.7 Å². The van der Waals surface area contributed by atoms with Crippen molar-refractivity contribution in [1.82, 2.24) is 4.90 Å². The zero-order valence-corrected chi connectivity index (χ0v) is 17.9. The Balaban J connectivity index is 1.59. The molecule has 156 valence electrons. The quantitative estimate of drug-likeness (QED) is 0.749. The number of hydrogen-bond donors (Lipinski definition) is 1. The highest BCUT2D eigenvalue weighted by atomic mass is 16.5. The number of ether oxygens (including phenoxy) is 1. The van der Waals surface area contributed by atoms with E-state index in [1.54, 1.807) is 0 Å². The number of piperidine rings is 1. The van der Waals surface area contributed by atoms with E-state index in [0.717, 1.165) is 31.7 Å². The summed E-state index contributed by atoms with van der Waals surface area (Å²) in [5, 5.41) is 12.2. The van der Waals surface area contributed by atoms with Gasteiger partial charge in [0.2, 0.25) is 0 Å². The van der Waals surface area contributed by atoms with Gasteiger partial charge in [-0.1, -0.05) is 20.3 Å². The number of esters is 1. The van der Waals surface area contributed by atoms with E-state index < -0.39 is 5.60 Å². The van der Waals surface area contributed by atoms with Crippen LogP contribution in [0.3, 0.4) is 0 Å². The zero-order chi connectivity index (χ0) is 19.5. The summed E-state index contributed by atoms with van der Waals surface area (Å²) in [7, 11) is 1.53. The molecule has 0 aromatic rings. The van der Waals surface area contributed by atoms with Crippen molar-refractivity contribution in [3.63, 3.8) is 0 Å². The first-order chi connectivity index (χ1) is 13.3. The largest absolute Gasteiger partial charge is 0.469 e. The Bertz CT molecular complexity index is 725. The summed E-state index contributed by atoms with van der Waals surface area (Å²) in [5.74, 6) is 2.09. The number of methoxy groups -OCH3 is 1. The molecule has 4 heteroatoms. The van der Waals surface area contributed by atoms with Gasteiger partial charge in [-0.3, -0.25) is 9.69 Å². The van der Waals surface area contributed by atoms with Crippen molar-refractivity contribution in [2.45, 2.75) is 95.7 Å². The fraction of sp³-hybridized carbons (Fsp3) is 0.958. The van der Waals surface area contributed by atoms with Gasteiger partial charge in [0.1, 0.15) is 0 Å². The highest BCUT2D eigenvalue weighted by Gasteiger charge is 2.81. The van der Waals surface area contributed by atoms with Crippen LogP contribution in [-0.2, 0) is 9.53 Å². The van der Waals surface area contributed by atoms with E-state index in [1.165, 1.54) is 45.6 Å². The van der Waals surface area contributed by atoms with Crippen molar-refractivity contribution in [2.24, 2.45) is 34.0 Å². The van der Waals surface area contributed by atoms with Gasteiger partial charge in [-0.2, -0.15) is 0 Å². The molecule has 4 aliphatic carbocycles. The van der Waals surface area contributed by atoms with Gasteiger partial charge in [0, 0.05) is 25.0 Å². The predicted octanol–water partition coefficient (Wildman–Crippen LogP) is 3.76. The molecule has 4 nitrogen and oxygen atoms in total. The molecule has 3 heterocycles. The fourth-order valence-corrected chi connectivity index (χ4v) is 10.8. The lowest BCUT2D eigenvalue weighted by Gasteiger charge is -2.67. The molecule has 0 unspecified atom stereocenters. The first kappa shape index (κ1) is 18.2. The molecule has 1 N–H and O–H groups in total. The maximum absolute atomic E-state index is 12.3. The van der Waals surface area contributed by atoms with Crippen molar-refractivity contribution in [3.8, 4) is 0 Å². The molecule has 0 aromatic carbocycles.